The van der Waals surface area contributed by atoms with Crippen LogP contribution in [0.25, 0.3) is 0 Å². The van der Waals surface area contributed by atoms with Crippen molar-refractivity contribution in [2.24, 2.45) is 0 Å². The Hall–Kier alpha value is -0.413. The maximum atomic E-state index is 11.8. The highest BCUT2D eigenvalue weighted by Gasteiger charge is 2.31. The highest BCUT2D eigenvalue weighted by atomic mass is 28.3. The summed E-state index contributed by atoms with van der Waals surface area (Å²) in [5.74, 6) is 0. The summed E-state index contributed by atoms with van der Waals surface area (Å²) >= 11 is 0. The summed E-state index contributed by atoms with van der Waals surface area (Å²) in [4.78, 5) is 14.3. The van der Waals surface area contributed by atoms with Crippen LogP contribution in [0.2, 0.25) is 13.1 Å². The lowest BCUT2D eigenvalue weighted by Gasteiger charge is -2.25. The van der Waals surface area contributed by atoms with Crippen molar-refractivity contribution >= 4 is 13.5 Å². The average molecular weight is 211 g/mol. The van der Waals surface area contributed by atoms with Gasteiger partial charge in [0.15, 0.2) is 0 Å². The number of rotatable bonds is 4. The molecule has 1 aliphatic rings. The lowest BCUT2D eigenvalue weighted by atomic mass is 10.4. The topological polar surface area (TPSA) is 20.3 Å². The van der Waals surface area contributed by atoms with Crippen LogP contribution in [0.1, 0.15) is 19.8 Å². The van der Waals surface area contributed by atoms with E-state index in [-0.39, 0.29) is 0 Å². The predicted octanol–water partition coefficient (Wildman–Crippen LogP) is 2.01. The van der Waals surface area contributed by atoms with Crippen molar-refractivity contribution in [1.82, 2.24) is 4.90 Å². The van der Waals surface area contributed by atoms with Gasteiger partial charge in [0, 0.05) is 6.17 Å². The fraction of sp³-hybridized carbons (Fsp3) is 0.727. The van der Waals surface area contributed by atoms with Gasteiger partial charge in [-0.1, -0.05) is 19.2 Å². The molecule has 0 spiro atoms. The van der Waals surface area contributed by atoms with E-state index in [4.69, 9.17) is 0 Å². The van der Waals surface area contributed by atoms with Crippen LogP contribution in [-0.4, -0.2) is 37.6 Å². The molecular formula is C11H21NOSi. The number of hydrogen-bond donors (Lipinski definition) is 0. The first-order valence-electron chi connectivity index (χ1n) is 5.46. The minimum Gasteiger partial charge on any atom is -0.306 e. The van der Waals surface area contributed by atoms with Crippen LogP contribution in [0, 0.1) is 0 Å². The summed E-state index contributed by atoms with van der Waals surface area (Å²) in [6.07, 6.45) is 7.27. The van der Waals surface area contributed by atoms with Crippen molar-refractivity contribution in [3.63, 3.8) is 0 Å². The number of hydrogen-bond acceptors (Lipinski definition) is 2. The fourth-order valence-electron chi connectivity index (χ4n) is 1.95. The van der Waals surface area contributed by atoms with Gasteiger partial charge in [-0.25, -0.2) is 0 Å². The Morgan fingerprint density at radius 2 is 1.93 bits per heavy atom. The molecule has 0 radical (unpaired) electrons. The minimum absolute atomic E-state index is 0.381. The molecule has 0 aromatic rings. The lowest BCUT2D eigenvalue weighted by Crippen LogP contribution is -2.47. The zero-order valence-corrected chi connectivity index (χ0v) is 10.5. The minimum atomic E-state index is -1.69. The van der Waals surface area contributed by atoms with E-state index in [0.717, 1.165) is 6.17 Å². The molecule has 0 aliphatic carbocycles. The van der Waals surface area contributed by atoms with Crippen molar-refractivity contribution in [2.45, 2.75) is 32.9 Å². The van der Waals surface area contributed by atoms with Gasteiger partial charge in [-0.15, -0.1) is 0 Å². The van der Waals surface area contributed by atoms with Gasteiger partial charge in [-0.2, -0.15) is 0 Å². The lowest BCUT2D eigenvalue weighted by molar-refractivity contribution is -0.108. The molecule has 1 fully saturated rings. The van der Waals surface area contributed by atoms with Crippen molar-refractivity contribution in [3.8, 4) is 0 Å². The predicted molar refractivity (Wildman–Crippen MR) is 63.0 cm³/mol. The molecule has 0 bridgehead atoms. The summed E-state index contributed by atoms with van der Waals surface area (Å²) < 4.78 is 0. The number of carbonyl (C=O) groups is 1. The van der Waals surface area contributed by atoms with E-state index in [1.54, 1.807) is 6.08 Å². The standard InChI is InChI=1S/C11H21NOSi/c1-4-7-11(13)14(2,3)10-12-8-5-6-9-12/h4,7H,5-6,8-10H2,1-3H3/b7-4+. The number of nitrogens with zero attached hydrogens (tertiary/aromatic N) is 1. The van der Waals surface area contributed by atoms with Crippen molar-refractivity contribution in [2.75, 3.05) is 19.3 Å². The van der Waals surface area contributed by atoms with E-state index in [9.17, 15) is 4.79 Å². The van der Waals surface area contributed by atoms with Gasteiger partial charge in [0.05, 0.1) is 0 Å². The molecule has 1 rings (SSSR count). The first-order valence-corrected chi connectivity index (χ1v) is 8.66. The Balaban J connectivity index is 2.51. The second-order valence-electron chi connectivity index (χ2n) is 4.73. The second kappa shape index (κ2) is 4.89. The Bertz CT molecular complexity index is 229. The van der Waals surface area contributed by atoms with E-state index in [1.165, 1.54) is 25.9 Å². The summed E-state index contributed by atoms with van der Waals surface area (Å²) in [7, 11) is -1.69. The molecule has 0 unspecified atom stereocenters. The molecule has 0 aromatic heterocycles. The summed E-state index contributed by atoms with van der Waals surface area (Å²) in [5, 5.41) is 0.381. The molecule has 0 saturated carbocycles. The number of carbonyl (C=O) groups excluding carboxylic acids is 1. The zero-order chi connectivity index (χ0) is 10.6. The molecule has 1 heterocycles. The third kappa shape index (κ3) is 3.06. The third-order valence-electron chi connectivity index (χ3n) is 2.80. The smallest absolute Gasteiger partial charge is 0.146 e. The van der Waals surface area contributed by atoms with E-state index in [1.807, 2.05) is 13.0 Å². The monoisotopic (exact) mass is 211 g/mol. The first kappa shape index (κ1) is 11.7. The summed E-state index contributed by atoms with van der Waals surface area (Å²) in [5.41, 5.74) is 0. The fourth-order valence-corrected chi connectivity index (χ4v) is 4.16. The van der Waals surface area contributed by atoms with E-state index < -0.39 is 8.07 Å². The van der Waals surface area contributed by atoms with Crippen molar-refractivity contribution < 1.29 is 4.79 Å². The van der Waals surface area contributed by atoms with Crippen LogP contribution in [0.4, 0.5) is 0 Å². The van der Waals surface area contributed by atoms with Gasteiger partial charge in [-0.05, 0) is 38.9 Å². The SMILES string of the molecule is C/C=C/C(=O)[Si](C)(C)CN1CCCC1. The van der Waals surface area contributed by atoms with Crippen molar-refractivity contribution in [1.29, 1.82) is 0 Å². The quantitative estimate of drug-likeness (QED) is 0.524. The Morgan fingerprint density at radius 3 is 2.43 bits per heavy atom. The van der Waals surface area contributed by atoms with Gasteiger partial charge in [-0.3, -0.25) is 0 Å². The Morgan fingerprint density at radius 1 is 1.36 bits per heavy atom. The molecule has 0 atom stereocenters. The van der Waals surface area contributed by atoms with Crippen molar-refractivity contribution in [3.05, 3.63) is 12.2 Å². The van der Waals surface area contributed by atoms with E-state index >= 15 is 0 Å². The first-order chi connectivity index (χ1) is 6.56. The van der Waals surface area contributed by atoms with Crippen LogP contribution in [0.15, 0.2) is 12.2 Å². The number of allylic oxidation sites excluding steroid dienone is 2. The molecule has 2 nitrogen and oxygen atoms in total. The summed E-state index contributed by atoms with van der Waals surface area (Å²) in [6, 6.07) is 0. The van der Waals surface area contributed by atoms with Crippen LogP contribution in [0.3, 0.4) is 0 Å². The highest BCUT2D eigenvalue weighted by molar-refractivity contribution is 7.05. The molecule has 3 heteroatoms. The molecule has 0 N–H and O–H groups in total. The molecule has 1 aliphatic heterocycles. The molecule has 14 heavy (non-hydrogen) atoms. The van der Waals surface area contributed by atoms with E-state index in [2.05, 4.69) is 18.0 Å². The molecule has 0 aromatic carbocycles. The van der Waals surface area contributed by atoms with Gasteiger partial charge in [0.25, 0.3) is 0 Å². The van der Waals surface area contributed by atoms with Crippen LogP contribution in [-0.2, 0) is 4.79 Å². The number of likely N-dealkylation sites (tertiary alicyclic amines) is 1. The molecule has 80 valence electrons. The molecular weight excluding hydrogens is 190 g/mol. The van der Waals surface area contributed by atoms with Gasteiger partial charge < -0.3 is 9.69 Å². The largest absolute Gasteiger partial charge is 0.306 e. The van der Waals surface area contributed by atoms with E-state index in [0.29, 0.717) is 5.41 Å². The Labute approximate surface area is 88.0 Å². The molecule has 1 saturated heterocycles. The highest BCUT2D eigenvalue weighted by Crippen LogP contribution is 2.13. The molecule has 0 amide bonds. The van der Waals surface area contributed by atoms with Crippen LogP contribution >= 0.6 is 0 Å². The maximum Gasteiger partial charge on any atom is 0.146 e. The van der Waals surface area contributed by atoms with Gasteiger partial charge >= 0.3 is 0 Å². The second-order valence-corrected chi connectivity index (χ2v) is 9.31. The van der Waals surface area contributed by atoms with Crippen LogP contribution in [0.5, 0.6) is 0 Å². The summed E-state index contributed by atoms with van der Waals surface area (Å²) in [6.45, 7) is 8.65. The maximum absolute atomic E-state index is 11.8. The van der Waals surface area contributed by atoms with Gasteiger partial charge in [0.2, 0.25) is 0 Å². The Kier molecular flexibility index (Phi) is 4.07. The van der Waals surface area contributed by atoms with Crippen LogP contribution < -0.4 is 0 Å². The van der Waals surface area contributed by atoms with Gasteiger partial charge in [0.1, 0.15) is 13.5 Å². The average Bonchev–Trinajstić information content (AvgIpc) is 2.56. The zero-order valence-electron chi connectivity index (χ0n) is 9.55. The normalized spacial score (nSPS) is 19.4. The third-order valence-corrected chi connectivity index (χ3v) is 5.54.